The van der Waals surface area contributed by atoms with Crippen molar-refractivity contribution in [2.45, 2.75) is 26.4 Å². The van der Waals surface area contributed by atoms with Crippen molar-refractivity contribution in [3.63, 3.8) is 0 Å². The van der Waals surface area contributed by atoms with E-state index in [2.05, 4.69) is 9.97 Å². The van der Waals surface area contributed by atoms with Crippen LogP contribution in [0.4, 0.5) is 5.69 Å². The first kappa shape index (κ1) is 18.8. The lowest BCUT2D eigenvalue weighted by Crippen LogP contribution is -2.41. The van der Waals surface area contributed by atoms with Crippen molar-refractivity contribution in [1.82, 2.24) is 14.9 Å². The van der Waals surface area contributed by atoms with E-state index in [1.807, 2.05) is 67.3 Å². The number of nitrogens with one attached hydrogen (secondary N) is 1. The fraction of sp³-hybridized carbons (Fsp3) is 0.286. The van der Waals surface area contributed by atoms with Crippen LogP contribution in [-0.4, -0.2) is 40.4 Å². The van der Waals surface area contributed by atoms with Gasteiger partial charge >= 0.3 is 0 Å². The summed E-state index contributed by atoms with van der Waals surface area (Å²) in [6.07, 6.45) is 0. The van der Waals surface area contributed by atoms with Crippen molar-refractivity contribution in [2.24, 2.45) is 0 Å². The van der Waals surface area contributed by atoms with Crippen LogP contribution < -0.4 is 10.5 Å². The summed E-state index contributed by atoms with van der Waals surface area (Å²) in [5.41, 5.74) is 1.35. The van der Waals surface area contributed by atoms with Gasteiger partial charge in [0.25, 0.3) is 5.56 Å². The molecule has 0 aliphatic carbocycles. The maximum Gasteiger partial charge on any atom is 0.258 e. The molecule has 0 saturated heterocycles. The van der Waals surface area contributed by atoms with Crippen molar-refractivity contribution in [3.8, 4) is 0 Å². The fourth-order valence-electron chi connectivity index (χ4n) is 2.90. The number of hydrogen-bond acceptors (Lipinski definition) is 4. The number of hydrogen-bond donors (Lipinski definition) is 1. The highest BCUT2D eigenvalue weighted by molar-refractivity contribution is 5.94. The minimum Gasteiger partial charge on any atom is -0.314 e. The molecule has 6 heteroatoms. The number of aromatic amines is 1. The maximum atomic E-state index is 12.7. The zero-order chi connectivity index (χ0) is 19.4. The molecule has 1 N–H and O–H groups in total. The number of carbonyl (C=O) groups is 1. The van der Waals surface area contributed by atoms with Crippen molar-refractivity contribution >= 4 is 22.5 Å². The summed E-state index contributed by atoms with van der Waals surface area (Å²) in [4.78, 5) is 36.0. The monoisotopic (exact) mass is 364 g/mol. The van der Waals surface area contributed by atoms with Crippen LogP contribution in [-0.2, 0) is 11.3 Å². The highest BCUT2D eigenvalue weighted by atomic mass is 16.2. The lowest BCUT2D eigenvalue weighted by Gasteiger charge is -2.27. The van der Waals surface area contributed by atoms with E-state index in [4.69, 9.17) is 0 Å². The van der Waals surface area contributed by atoms with Gasteiger partial charge in [-0.1, -0.05) is 30.3 Å². The number of amides is 1. The van der Waals surface area contributed by atoms with E-state index in [0.717, 1.165) is 5.69 Å². The molecule has 0 aliphatic rings. The molecule has 27 heavy (non-hydrogen) atoms. The number of aromatic nitrogens is 2. The first-order valence-electron chi connectivity index (χ1n) is 8.99. The van der Waals surface area contributed by atoms with Gasteiger partial charge < -0.3 is 9.88 Å². The molecule has 6 nitrogen and oxygen atoms in total. The standard InChI is InChI=1S/C21H24N4O2/c1-15(2)25(14-20(26)24(3)16-9-5-4-6-10-16)13-19-22-18-12-8-7-11-17(18)21(27)23-19/h4-12,15H,13-14H2,1-3H3,(H,22,23,27). The van der Waals surface area contributed by atoms with E-state index in [-0.39, 0.29) is 24.1 Å². The van der Waals surface area contributed by atoms with Gasteiger partial charge in [-0.25, -0.2) is 4.98 Å². The highest BCUT2D eigenvalue weighted by Gasteiger charge is 2.19. The van der Waals surface area contributed by atoms with Gasteiger partial charge in [-0.3, -0.25) is 14.5 Å². The van der Waals surface area contributed by atoms with Crippen LogP contribution in [0, 0.1) is 0 Å². The minimum atomic E-state index is -0.160. The summed E-state index contributed by atoms with van der Waals surface area (Å²) < 4.78 is 0. The Labute approximate surface area is 158 Å². The minimum absolute atomic E-state index is 0.0157. The van der Waals surface area contributed by atoms with Gasteiger partial charge in [-0.2, -0.15) is 0 Å². The van der Waals surface area contributed by atoms with E-state index in [0.29, 0.717) is 23.3 Å². The number of benzene rings is 2. The first-order chi connectivity index (χ1) is 13.0. The van der Waals surface area contributed by atoms with E-state index in [1.165, 1.54) is 0 Å². The topological polar surface area (TPSA) is 69.3 Å². The molecule has 0 radical (unpaired) electrons. The molecule has 0 fully saturated rings. The fourth-order valence-corrected chi connectivity index (χ4v) is 2.90. The molecule has 2 aromatic carbocycles. The van der Waals surface area contributed by atoms with Gasteiger partial charge in [-0.15, -0.1) is 0 Å². The molecule has 0 spiro atoms. The maximum absolute atomic E-state index is 12.7. The lowest BCUT2D eigenvalue weighted by atomic mass is 10.2. The molecule has 0 aliphatic heterocycles. The quantitative estimate of drug-likeness (QED) is 0.730. The van der Waals surface area contributed by atoms with Crippen LogP contribution in [0.15, 0.2) is 59.4 Å². The molecule has 0 atom stereocenters. The van der Waals surface area contributed by atoms with Gasteiger partial charge in [-0.05, 0) is 38.1 Å². The zero-order valence-corrected chi connectivity index (χ0v) is 15.8. The third kappa shape index (κ3) is 4.41. The van der Waals surface area contributed by atoms with Gasteiger partial charge in [0, 0.05) is 18.8 Å². The highest BCUT2D eigenvalue weighted by Crippen LogP contribution is 2.13. The van der Waals surface area contributed by atoms with Crippen LogP contribution in [0.3, 0.4) is 0 Å². The molecule has 140 valence electrons. The van der Waals surface area contributed by atoms with E-state index in [1.54, 1.807) is 18.0 Å². The number of para-hydroxylation sites is 2. The predicted molar refractivity (Wildman–Crippen MR) is 108 cm³/mol. The molecular weight excluding hydrogens is 340 g/mol. The molecule has 1 amide bonds. The first-order valence-corrected chi connectivity index (χ1v) is 8.99. The predicted octanol–water partition coefficient (Wildman–Crippen LogP) is 2.80. The summed E-state index contributed by atoms with van der Waals surface area (Å²) in [6, 6.07) is 16.9. The third-order valence-corrected chi connectivity index (χ3v) is 4.60. The van der Waals surface area contributed by atoms with E-state index in [9.17, 15) is 9.59 Å². The van der Waals surface area contributed by atoms with Gasteiger partial charge in [0.05, 0.1) is 24.0 Å². The zero-order valence-electron chi connectivity index (χ0n) is 15.8. The summed E-state index contributed by atoms with van der Waals surface area (Å²) in [5, 5.41) is 0.567. The van der Waals surface area contributed by atoms with Crippen LogP contribution in [0.5, 0.6) is 0 Å². The SMILES string of the molecule is CC(C)N(CC(=O)N(C)c1ccccc1)Cc1nc2ccccc2c(=O)[nH]1. The van der Waals surface area contributed by atoms with Crippen molar-refractivity contribution in [3.05, 3.63) is 70.8 Å². The second kappa shape index (κ2) is 8.14. The number of likely N-dealkylation sites (N-methyl/N-ethyl adjacent to an activating group) is 1. The van der Waals surface area contributed by atoms with Crippen LogP contribution in [0.25, 0.3) is 10.9 Å². The summed E-state index contributed by atoms with van der Waals surface area (Å²) >= 11 is 0. The largest absolute Gasteiger partial charge is 0.314 e. The van der Waals surface area contributed by atoms with Crippen LogP contribution >= 0.6 is 0 Å². The Kier molecular flexibility index (Phi) is 5.66. The molecule has 3 aromatic rings. The number of nitrogens with zero attached hydrogens (tertiary/aromatic N) is 3. The Balaban J connectivity index is 1.78. The molecule has 3 rings (SSSR count). The Bertz CT molecular complexity index is 982. The molecule has 1 aromatic heterocycles. The molecule has 0 saturated carbocycles. The third-order valence-electron chi connectivity index (χ3n) is 4.60. The normalized spacial score (nSPS) is 11.3. The van der Waals surface area contributed by atoms with Crippen LogP contribution in [0.1, 0.15) is 19.7 Å². The Morgan fingerprint density at radius 3 is 2.44 bits per heavy atom. The second-order valence-corrected chi connectivity index (χ2v) is 6.82. The molecule has 0 bridgehead atoms. The number of anilines is 1. The summed E-state index contributed by atoms with van der Waals surface area (Å²) in [7, 11) is 1.77. The van der Waals surface area contributed by atoms with Crippen molar-refractivity contribution < 1.29 is 4.79 Å². The van der Waals surface area contributed by atoms with E-state index < -0.39 is 0 Å². The average Bonchev–Trinajstić information content (AvgIpc) is 2.67. The Hall–Kier alpha value is -2.99. The lowest BCUT2D eigenvalue weighted by molar-refractivity contribution is -0.120. The Morgan fingerprint density at radius 2 is 1.74 bits per heavy atom. The van der Waals surface area contributed by atoms with Crippen molar-refractivity contribution in [1.29, 1.82) is 0 Å². The second-order valence-electron chi connectivity index (χ2n) is 6.82. The number of H-pyrrole nitrogens is 1. The number of rotatable bonds is 6. The summed E-state index contributed by atoms with van der Waals surface area (Å²) in [5.74, 6) is 0.542. The molecular formula is C21H24N4O2. The molecule has 1 heterocycles. The number of carbonyl (C=O) groups excluding carboxylic acids is 1. The van der Waals surface area contributed by atoms with Crippen molar-refractivity contribution in [2.75, 3.05) is 18.5 Å². The molecule has 0 unspecified atom stereocenters. The van der Waals surface area contributed by atoms with Crippen LogP contribution in [0.2, 0.25) is 0 Å². The van der Waals surface area contributed by atoms with E-state index >= 15 is 0 Å². The van der Waals surface area contributed by atoms with Gasteiger partial charge in [0.15, 0.2) is 0 Å². The van der Waals surface area contributed by atoms with Gasteiger partial charge in [0.1, 0.15) is 5.82 Å². The number of fused-ring (bicyclic) bond motifs is 1. The smallest absolute Gasteiger partial charge is 0.258 e. The average molecular weight is 364 g/mol. The summed E-state index contributed by atoms with van der Waals surface area (Å²) in [6.45, 7) is 4.68. The van der Waals surface area contributed by atoms with Gasteiger partial charge in [0.2, 0.25) is 5.91 Å². The Morgan fingerprint density at radius 1 is 1.07 bits per heavy atom.